The largest absolute Gasteiger partial charge is 0.347 e. The van der Waals surface area contributed by atoms with Gasteiger partial charge in [-0.2, -0.15) is 0 Å². The van der Waals surface area contributed by atoms with Crippen molar-refractivity contribution in [3.8, 4) is 0 Å². The fraction of sp³-hybridized carbons (Fsp3) is 0.524. The summed E-state index contributed by atoms with van der Waals surface area (Å²) in [5, 5.41) is 14.3. The van der Waals surface area contributed by atoms with Crippen LogP contribution < -0.4 is 10.6 Å². The summed E-state index contributed by atoms with van der Waals surface area (Å²) in [4.78, 5) is 25.1. The van der Waals surface area contributed by atoms with Gasteiger partial charge >= 0.3 is 0 Å². The molecule has 0 saturated carbocycles. The molecule has 1 aromatic heterocycles. The van der Waals surface area contributed by atoms with Crippen LogP contribution in [0.1, 0.15) is 50.3 Å². The van der Waals surface area contributed by atoms with Crippen molar-refractivity contribution in [1.29, 1.82) is 0 Å². The molecular formula is C21H29N5O2. The summed E-state index contributed by atoms with van der Waals surface area (Å²) in [6.07, 6.45) is 4.63. The second-order valence-corrected chi connectivity index (χ2v) is 7.66. The first kappa shape index (κ1) is 20.0. The number of carbonyl (C=O) groups excluding carboxylic acids is 2. The Balaban J connectivity index is 1.57. The maximum absolute atomic E-state index is 12.7. The van der Waals surface area contributed by atoms with E-state index >= 15 is 0 Å². The summed E-state index contributed by atoms with van der Waals surface area (Å²) in [5.41, 5.74) is 0.925. The number of aromatic nitrogens is 3. The van der Waals surface area contributed by atoms with Crippen molar-refractivity contribution in [2.24, 2.45) is 5.92 Å². The first-order valence-electron chi connectivity index (χ1n) is 10.1. The lowest BCUT2D eigenvalue weighted by molar-refractivity contribution is -0.129. The highest BCUT2D eigenvalue weighted by molar-refractivity contribution is 5.88. The van der Waals surface area contributed by atoms with Gasteiger partial charge in [0.25, 0.3) is 0 Å². The van der Waals surface area contributed by atoms with Gasteiger partial charge in [0.1, 0.15) is 11.9 Å². The molecule has 0 bridgehead atoms. The van der Waals surface area contributed by atoms with Crippen molar-refractivity contribution in [3.63, 3.8) is 0 Å². The molecule has 1 aliphatic heterocycles. The number of rotatable bonds is 7. The SMILES string of the molecule is CC(C)C(NC(=O)Cc1ccccc1)C(=O)NCc1nnc2n1CCCCC2. The van der Waals surface area contributed by atoms with E-state index in [1.165, 1.54) is 6.42 Å². The average molecular weight is 383 g/mol. The Morgan fingerprint density at radius 3 is 2.64 bits per heavy atom. The van der Waals surface area contributed by atoms with E-state index in [1.54, 1.807) is 0 Å². The minimum Gasteiger partial charge on any atom is -0.347 e. The molecule has 150 valence electrons. The van der Waals surface area contributed by atoms with Crippen LogP contribution in [0.4, 0.5) is 0 Å². The van der Waals surface area contributed by atoms with Crippen LogP contribution in [0.3, 0.4) is 0 Å². The van der Waals surface area contributed by atoms with Crippen LogP contribution in [0.5, 0.6) is 0 Å². The highest BCUT2D eigenvalue weighted by atomic mass is 16.2. The third-order valence-corrected chi connectivity index (χ3v) is 5.08. The van der Waals surface area contributed by atoms with Gasteiger partial charge in [-0.05, 0) is 24.3 Å². The quantitative estimate of drug-likeness (QED) is 0.765. The van der Waals surface area contributed by atoms with E-state index in [1.807, 2.05) is 44.2 Å². The molecule has 2 heterocycles. The van der Waals surface area contributed by atoms with Crippen LogP contribution in [0.25, 0.3) is 0 Å². The molecule has 1 aromatic carbocycles. The number of hydrogen-bond acceptors (Lipinski definition) is 4. The molecule has 0 saturated heterocycles. The fourth-order valence-electron chi connectivity index (χ4n) is 3.49. The van der Waals surface area contributed by atoms with E-state index in [0.717, 1.165) is 43.0 Å². The van der Waals surface area contributed by atoms with Gasteiger partial charge in [0.05, 0.1) is 13.0 Å². The number of nitrogens with one attached hydrogen (secondary N) is 2. The summed E-state index contributed by atoms with van der Waals surface area (Å²) in [7, 11) is 0. The second-order valence-electron chi connectivity index (χ2n) is 7.66. The van der Waals surface area contributed by atoms with Crippen LogP contribution in [-0.2, 0) is 35.5 Å². The van der Waals surface area contributed by atoms with Gasteiger partial charge in [-0.3, -0.25) is 9.59 Å². The number of benzene rings is 1. The van der Waals surface area contributed by atoms with Crippen LogP contribution in [0, 0.1) is 5.92 Å². The molecule has 2 N–H and O–H groups in total. The molecule has 3 rings (SSSR count). The van der Waals surface area contributed by atoms with Gasteiger partial charge < -0.3 is 15.2 Å². The van der Waals surface area contributed by atoms with Gasteiger partial charge in [0.15, 0.2) is 5.82 Å². The highest BCUT2D eigenvalue weighted by Crippen LogP contribution is 2.14. The maximum Gasteiger partial charge on any atom is 0.243 e. The third kappa shape index (κ3) is 5.18. The lowest BCUT2D eigenvalue weighted by Gasteiger charge is -2.22. The van der Waals surface area contributed by atoms with Crippen molar-refractivity contribution in [1.82, 2.24) is 25.4 Å². The average Bonchev–Trinajstić information content (AvgIpc) is 2.91. The van der Waals surface area contributed by atoms with E-state index in [-0.39, 0.29) is 24.2 Å². The van der Waals surface area contributed by atoms with Crippen molar-refractivity contribution in [2.75, 3.05) is 0 Å². The molecule has 2 aromatic rings. The highest BCUT2D eigenvalue weighted by Gasteiger charge is 2.25. The third-order valence-electron chi connectivity index (χ3n) is 5.08. The van der Waals surface area contributed by atoms with E-state index in [2.05, 4.69) is 25.4 Å². The molecule has 0 aliphatic carbocycles. The van der Waals surface area contributed by atoms with E-state index in [9.17, 15) is 9.59 Å². The van der Waals surface area contributed by atoms with Crippen molar-refractivity contribution >= 4 is 11.8 Å². The van der Waals surface area contributed by atoms with Gasteiger partial charge in [0, 0.05) is 13.0 Å². The Kier molecular flexibility index (Phi) is 6.79. The summed E-state index contributed by atoms with van der Waals surface area (Å²) >= 11 is 0. The Labute approximate surface area is 165 Å². The molecular weight excluding hydrogens is 354 g/mol. The van der Waals surface area contributed by atoms with Gasteiger partial charge in [-0.25, -0.2) is 0 Å². The van der Waals surface area contributed by atoms with E-state index in [4.69, 9.17) is 0 Å². The molecule has 1 unspecified atom stereocenters. The molecule has 7 nitrogen and oxygen atoms in total. The molecule has 2 amide bonds. The summed E-state index contributed by atoms with van der Waals surface area (Å²) in [5.74, 6) is 1.41. The Morgan fingerprint density at radius 1 is 1.11 bits per heavy atom. The van der Waals surface area contributed by atoms with Gasteiger partial charge in [-0.1, -0.05) is 50.6 Å². The lowest BCUT2D eigenvalue weighted by Crippen LogP contribution is -2.50. The number of hydrogen-bond donors (Lipinski definition) is 2. The Morgan fingerprint density at radius 2 is 1.89 bits per heavy atom. The van der Waals surface area contributed by atoms with Gasteiger partial charge in [0.2, 0.25) is 11.8 Å². The first-order chi connectivity index (χ1) is 13.5. The Hall–Kier alpha value is -2.70. The van der Waals surface area contributed by atoms with Gasteiger partial charge in [-0.15, -0.1) is 10.2 Å². The molecule has 0 radical (unpaired) electrons. The van der Waals surface area contributed by atoms with Crippen molar-refractivity contribution in [3.05, 3.63) is 47.5 Å². The second kappa shape index (κ2) is 9.48. The minimum absolute atomic E-state index is 0.0183. The molecule has 1 atom stereocenters. The minimum atomic E-state index is -0.581. The topological polar surface area (TPSA) is 88.9 Å². The maximum atomic E-state index is 12.7. The smallest absolute Gasteiger partial charge is 0.243 e. The monoisotopic (exact) mass is 383 g/mol. The van der Waals surface area contributed by atoms with Crippen molar-refractivity contribution in [2.45, 2.75) is 65.1 Å². The predicted octanol–water partition coefficient (Wildman–Crippen LogP) is 2.00. The zero-order valence-electron chi connectivity index (χ0n) is 16.6. The summed E-state index contributed by atoms with van der Waals surface area (Å²) in [6.45, 7) is 5.07. The van der Waals surface area contributed by atoms with Crippen LogP contribution in [0.15, 0.2) is 30.3 Å². The molecule has 28 heavy (non-hydrogen) atoms. The van der Waals surface area contributed by atoms with E-state index < -0.39 is 6.04 Å². The number of aryl methyl sites for hydroxylation is 1. The summed E-state index contributed by atoms with van der Waals surface area (Å²) < 4.78 is 2.12. The molecule has 0 fully saturated rings. The Bertz CT molecular complexity index is 800. The number of carbonyl (C=O) groups is 2. The lowest BCUT2D eigenvalue weighted by atomic mass is 10.0. The number of nitrogens with zero attached hydrogens (tertiary/aromatic N) is 3. The number of amides is 2. The predicted molar refractivity (Wildman–Crippen MR) is 106 cm³/mol. The van der Waals surface area contributed by atoms with Crippen LogP contribution >= 0.6 is 0 Å². The standard InChI is InChI=1S/C21H29N5O2/c1-15(2)20(23-19(27)13-16-9-5-3-6-10-16)21(28)22-14-18-25-24-17-11-7-4-8-12-26(17)18/h3,5-6,9-10,15,20H,4,7-8,11-14H2,1-2H3,(H,22,28)(H,23,27). The van der Waals surface area contributed by atoms with Crippen LogP contribution in [-0.4, -0.2) is 32.6 Å². The first-order valence-corrected chi connectivity index (χ1v) is 10.1. The molecule has 7 heteroatoms. The fourth-order valence-corrected chi connectivity index (χ4v) is 3.49. The molecule has 1 aliphatic rings. The zero-order valence-corrected chi connectivity index (χ0v) is 16.6. The number of fused-ring (bicyclic) bond motifs is 1. The normalized spacial score (nSPS) is 14.8. The van der Waals surface area contributed by atoms with Crippen molar-refractivity contribution < 1.29 is 9.59 Å². The summed E-state index contributed by atoms with van der Waals surface area (Å²) in [6, 6.07) is 8.94. The van der Waals surface area contributed by atoms with Crippen LogP contribution in [0.2, 0.25) is 0 Å². The van der Waals surface area contributed by atoms with E-state index in [0.29, 0.717) is 6.54 Å². The zero-order chi connectivity index (χ0) is 19.9. The molecule has 0 spiro atoms.